The van der Waals surface area contributed by atoms with Crippen LogP contribution in [0.4, 0.5) is 0 Å². The van der Waals surface area contributed by atoms with Crippen molar-refractivity contribution < 1.29 is 20.1 Å². The van der Waals surface area contributed by atoms with Gasteiger partial charge in [0, 0.05) is 0 Å². The summed E-state index contributed by atoms with van der Waals surface area (Å²) in [7, 11) is 0. The zero-order chi connectivity index (χ0) is 34.5. The van der Waals surface area contributed by atoms with Crippen molar-refractivity contribution in [1.82, 2.24) is 5.32 Å². The fraction of sp³-hybridized carbons (Fsp3) is 0.929. The van der Waals surface area contributed by atoms with Gasteiger partial charge in [-0.05, 0) is 19.3 Å². The number of hydrogen-bond donors (Lipinski definition) is 4. The molecule has 0 radical (unpaired) electrons. The van der Waals surface area contributed by atoms with Crippen LogP contribution in [0.1, 0.15) is 226 Å². The van der Waals surface area contributed by atoms with E-state index in [1.807, 2.05) is 6.08 Å². The molecule has 0 fully saturated rings. The summed E-state index contributed by atoms with van der Waals surface area (Å²) >= 11 is 0. The molecule has 1 amide bonds. The molecule has 0 bridgehead atoms. The van der Waals surface area contributed by atoms with Crippen LogP contribution in [0.25, 0.3) is 0 Å². The molecule has 0 aromatic carbocycles. The van der Waals surface area contributed by atoms with Crippen LogP contribution in [0.5, 0.6) is 0 Å². The number of allylic oxidation sites excluding steroid dienone is 1. The van der Waals surface area contributed by atoms with Crippen molar-refractivity contribution in [3.63, 3.8) is 0 Å². The summed E-state index contributed by atoms with van der Waals surface area (Å²) in [5.41, 5.74) is 0. The van der Waals surface area contributed by atoms with Crippen molar-refractivity contribution in [3.8, 4) is 0 Å². The lowest BCUT2D eigenvalue weighted by Gasteiger charge is -2.21. The van der Waals surface area contributed by atoms with Gasteiger partial charge < -0.3 is 20.6 Å². The summed E-state index contributed by atoms with van der Waals surface area (Å²) in [6.45, 7) is 4.19. The first-order valence-corrected chi connectivity index (χ1v) is 21.0. The van der Waals surface area contributed by atoms with E-state index in [1.165, 1.54) is 173 Å². The summed E-state index contributed by atoms with van der Waals surface area (Å²) in [4.78, 5) is 12.4. The Hall–Kier alpha value is -0.910. The zero-order valence-corrected chi connectivity index (χ0v) is 31.7. The zero-order valence-electron chi connectivity index (χ0n) is 31.7. The Balaban J connectivity index is 3.66. The van der Waals surface area contributed by atoms with E-state index >= 15 is 0 Å². The van der Waals surface area contributed by atoms with Crippen molar-refractivity contribution >= 4 is 5.91 Å². The van der Waals surface area contributed by atoms with Crippen LogP contribution in [0.2, 0.25) is 0 Å². The van der Waals surface area contributed by atoms with Crippen molar-refractivity contribution in [2.45, 2.75) is 244 Å². The third-order valence-corrected chi connectivity index (χ3v) is 9.88. The molecule has 0 saturated carbocycles. The smallest absolute Gasteiger partial charge is 0.249 e. The van der Waals surface area contributed by atoms with Crippen molar-refractivity contribution in [3.05, 3.63) is 12.2 Å². The highest BCUT2D eigenvalue weighted by Crippen LogP contribution is 2.16. The topological polar surface area (TPSA) is 89.8 Å². The van der Waals surface area contributed by atoms with E-state index < -0.39 is 24.2 Å². The normalized spacial score (nSPS) is 13.7. The second kappa shape index (κ2) is 37.9. The molecule has 5 nitrogen and oxygen atoms in total. The lowest BCUT2D eigenvalue weighted by Crippen LogP contribution is -2.48. The summed E-state index contributed by atoms with van der Waals surface area (Å²) < 4.78 is 0. The minimum atomic E-state index is -1.09. The van der Waals surface area contributed by atoms with E-state index in [4.69, 9.17) is 0 Å². The van der Waals surface area contributed by atoms with Gasteiger partial charge in [0.05, 0.1) is 18.8 Å². The fourth-order valence-electron chi connectivity index (χ4n) is 6.54. The first kappa shape index (κ1) is 46.1. The van der Waals surface area contributed by atoms with E-state index in [9.17, 15) is 20.1 Å². The third kappa shape index (κ3) is 33.4. The number of amides is 1. The molecule has 0 rings (SSSR count). The number of aliphatic hydroxyl groups is 3. The molecule has 0 spiro atoms. The molecular weight excluding hydrogens is 582 g/mol. The predicted molar refractivity (Wildman–Crippen MR) is 204 cm³/mol. The molecule has 5 heteroatoms. The first-order chi connectivity index (χ1) is 23.1. The molecular formula is C42H83NO4. The fourth-order valence-corrected chi connectivity index (χ4v) is 6.54. The molecule has 4 N–H and O–H groups in total. The number of unbranched alkanes of at least 4 members (excludes halogenated alkanes) is 30. The lowest BCUT2D eigenvalue weighted by molar-refractivity contribution is -0.131. The molecule has 3 atom stereocenters. The van der Waals surface area contributed by atoms with Gasteiger partial charge in [0.1, 0.15) is 6.10 Å². The molecule has 0 aliphatic heterocycles. The van der Waals surface area contributed by atoms with Gasteiger partial charge in [0.15, 0.2) is 0 Å². The van der Waals surface area contributed by atoms with Gasteiger partial charge in [-0.3, -0.25) is 4.79 Å². The molecule has 0 aliphatic rings. The molecule has 3 unspecified atom stereocenters. The standard InChI is InChI=1S/C42H83NO4/c1-3-5-7-9-11-13-15-17-19-20-21-23-25-27-29-31-33-35-37-41(46)42(47)43-39(38-44)40(45)36-34-32-30-28-26-24-22-18-16-14-12-10-8-6-4-2/h34,36,39-41,44-46H,3-33,35,37-38H2,1-2H3,(H,43,47)/b36-34+. The van der Waals surface area contributed by atoms with Crippen molar-refractivity contribution in [2.24, 2.45) is 0 Å². The predicted octanol–water partition coefficient (Wildman–Crippen LogP) is 11.7. The van der Waals surface area contributed by atoms with Crippen LogP contribution < -0.4 is 5.32 Å². The first-order valence-electron chi connectivity index (χ1n) is 21.0. The summed E-state index contributed by atoms with van der Waals surface area (Å²) in [5.74, 6) is -0.500. The Morgan fingerprint density at radius 3 is 1.17 bits per heavy atom. The highest BCUT2D eigenvalue weighted by atomic mass is 16.3. The van der Waals surface area contributed by atoms with Crippen LogP contribution in [-0.4, -0.2) is 46.1 Å². The summed E-state index contributed by atoms with van der Waals surface area (Å²) in [5, 5.41) is 33.1. The Morgan fingerprint density at radius 1 is 0.511 bits per heavy atom. The van der Waals surface area contributed by atoms with Crippen molar-refractivity contribution in [2.75, 3.05) is 6.61 Å². The Bertz CT molecular complexity index is 655. The molecule has 0 aromatic rings. The second-order valence-electron chi connectivity index (χ2n) is 14.6. The Kier molecular flexibility index (Phi) is 37.2. The van der Waals surface area contributed by atoms with Gasteiger partial charge >= 0.3 is 0 Å². The van der Waals surface area contributed by atoms with E-state index in [-0.39, 0.29) is 6.61 Å². The van der Waals surface area contributed by atoms with Gasteiger partial charge in [-0.25, -0.2) is 0 Å². The molecule has 0 aliphatic carbocycles. The molecule has 0 heterocycles. The van der Waals surface area contributed by atoms with E-state index in [2.05, 4.69) is 19.2 Å². The minimum absolute atomic E-state index is 0.359. The van der Waals surface area contributed by atoms with Crippen LogP contribution in [0, 0.1) is 0 Å². The summed E-state index contributed by atoms with van der Waals surface area (Å²) in [6, 6.07) is -0.791. The van der Waals surface area contributed by atoms with Crippen LogP contribution in [-0.2, 0) is 4.79 Å². The molecule has 47 heavy (non-hydrogen) atoms. The number of rotatable bonds is 38. The van der Waals surface area contributed by atoms with Gasteiger partial charge in [-0.2, -0.15) is 0 Å². The number of carbonyl (C=O) groups is 1. The Labute approximate surface area is 293 Å². The van der Waals surface area contributed by atoms with E-state index in [1.54, 1.807) is 6.08 Å². The van der Waals surface area contributed by atoms with Gasteiger partial charge in [0.2, 0.25) is 5.91 Å². The quantitative estimate of drug-likeness (QED) is 0.0390. The molecule has 0 aromatic heterocycles. The maximum atomic E-state index is 12.4. The number of hydrogen-bond acceptors (Lipinski definition) is 4. The van der Waals surface area contributed by atoms with Gasteiger partial charge in [-0.1, -0.05) is 219 Å². The minimum Gasteiger partial charge on any atom is -0.394 e. The SMILES string of the molecule is CCCCCCCCCCCCCCC/C=C/C(O)C(CO)NC(=O)C(O)CCCCCCCCCCCCCCCCCCCC. The number of aliphatic hydroxyl groups excluding tert-OH is 3. The number of nitrogens with one attached hydrogen (secondary N) is 1. The average Bonchev–Trinajstić information content (AvgIpc) is 3.07. The van der Waals surface area contributed by atoms with E-state index in [0.29, 0.717) is 6.42 Å². The van der Waals surface area contributed by atoms with E-state index in [0.717, 1.165) is 32.1 Å². The highest BCUT2D eigenvalue weighted by molar-refractivity contribution is 5.80. The van der Waals surface area contributed by atoms with Gasteiger partial charge in [-0.15, -0.1) is 0 Å². The lowest BCUT2D eigenvalue weighted by atomic mass is 10.0. The molecule has 0 saturated heterocycles. The molecule has 280 valence electrons. The van der Waals surface area contributed by atoms with Crippen molar-refractivity contribution in [1.29, 1.82) is 0 Å². The largest absolute Gasteiger partial charge is 0.394 e. The average molecular weight is 666 g/mol. The van der Waals surface area contributed by atoms with Crippen LogP contribution in [0.3, 0.4) is 0 Å². The van der Waals surface area contributed by atoms with Gasteiger partial charge in [0.25, 0.3) is 0 Å². The van der Waals surface area contributed by atoms with Crippen LogP contribution in [0.15, 0.2) is 12.2 Å². The number of carbonyl (C=O) groups excluding carboxylic acids is 1. The Morgan fingerprint density at radius 2 is 0.830 bits per heavy atom. The monoisotopic (exact) mass is 666 g/mol. The maximum absolute atomic E-state index is 12.4. The summed E-state index contributed by atoms with van der Waals surface area (Å²) in [6.07, 6.45) is 43.8. The van der Waals surface area contributed by atoms with Crippen LogP contribution >= 0.6 is 0 Å². The second-order valence-corrected chi connectivity index (χ2v) is 14.6. The third-order valence-electron chi connectivity index (χ3n) is 9.88. The highest BCUT2D eigenvalue weighted by Gasteiger charge is 2.22. The maximum Gasteiger partial charge on any atom is 0.249 e.